The van der Waals surface area contributed by atoms with Gasteiger partial charge in [0.2, 0.25) is 5.91 Å². The number of hydrogen-bond donors (Lipinski definition) is 1. The van der Waals surface area contributed by atoms with Crippen molar-refractivity contribution in [2.75, 3.05) is 13.1 Å². The zero-order valence-electron chi connectivity index (χ0n) is 13.1. The third kappa shape index (κ3) is 5.14. The van der Waals surface area contributed by atoms with Gasteiger partial charge in [0, 0.05) is 29.9 Å². The molecule has 0 aliphatic heterocycles. The summed E-state index contributed by atoms with van der Waals surface area (Å²) in [5.41, 5.74) is 1.55. The lowest BCUT2D eigenvalue weighted by atomic mass is 10.2. The Hall–Kier alpha value is -2.28. The highest BCUT2D eigenvalue weighted by Crippen LogP contribution is 2.23. The molecule has 0 unspecified atom stereocenters. The van der Waals surface area contributed by atoms with Gasteiger partial charge < -0.3 is 10.0 Å². The average molecular weight is 333 g/mol. The van der Waals surface area contributed by atoms with E-state index < -0.39 is 5.97 Å². The first-order valence-corrected chi connectivity index (χ1v) is 8.18. The topological polar surface area (TPSA) is 83.4 Å². The van der Waals surface area contributed by atoms with Gasteiger partial charge in [-0.05, 0) is 18.1 Å². The molecule has 0 aromatic carbocycles. The number of pyridine rings is 1. The van der Waals surface area contributed by atoms with Gasteiger partial charge in [0.25, 0.3) is 0 Å². The van der Waals surface area contributed by atoms with Gasteiger partial charge in [-0.1, -0.05) is 13.8 Å². The average Bonchev–Trinajstić information content (AvgIpc) is 2.95. The summed E-state index contributed by atoms with van der Waals surface area (Å²) in [6.45, 7) is 4.04. The van der Waals surface area contributed by atoms with Crippen LogP contribution in [0.15, 0.2) is 29.9 Å². The van der Waals surface area contributed by atoms with E-state index in [9.17, 15) is 9.59 Å². The Morgan fingerprint density at radius 1 is 1.39 bits per heavy atom. The molecule has 122 valence electrons. The standard InChI is InChI=1S/C16H19N3O3S/c1-11(2)8-19(9-15(21)22)14(20)6-13-10-23-16(18-13)12-4-3-5-17-7-12/h3-5,7,10-11H,6,8-9H2,1-2H3,(H,21,22). The van der Waals surface area contributed by atoms with Crippen molar-refractivity contribution in [2.24, 2.45) is 5.92 Å². The maximum Gasteiger partial charge on any atom is 0.323 e. The summed E-state index contributed by atoms with van der Waals surface area (Å²) in [7, 11) is 0. The molecule has 23 heavy (non-hydrogen) atoms. The van der Waals surface area contributed by atoms with Crippen LogP contribution < -0.4 is 0 Å². The van der Waals surface area contributed by atoms with Crippen LogP contribution in [0, 0.1) is 5.92 Å². The largest absolute Gasteiger partial charge is 0.480 e. The van der Waals surface area contributed by atoms with Crippen LogP contribution >= 0.6 is 11.3 Å². The van der Waals surface area contributed by atoms with E-state index in [0.717, 1.165) is 10.6 Å². The molecule has 0 atom stereocenters. The van der Waals surface area contributed by atoms with Gasteiger partial charge in [-0.15, -0.1) is 11.3 Å². The van der Waals surface area contributed by atoms with Crippen LogP contribution in [0.3, 0.4) is 0 Å². The van der Waals surface area contributed by atoms with Crippen LogP contribution in [-0.4, -0.2) is 44.9 Å². The lowest BCUT2D eigenvalue weighted by Crippen LogP contribution is -2.39. The molecule has 1 N–H and O–H groups in total. The zero-order chi connectivity index (χ0) is 16.8. The summed E-state index contributed by atoms with van der Waals surface area (Å²) in [4.78, 5) is 33.1. The SMILES string of the molecule is CC(C)CN(CC(=O)O)C(=O)Cc1csc(-c2cccnc2)n1. The van der Waals surface area contributed by atoms with E-state index in [1.807, 2.05) is 31.4 Å². The van der Waals surface area contributed by atoms with Crippen molar-refractivity contribution in [1.82, 2.24) is 14.9 Å². The normalized spacial score (nSPS) is 10.7. The highest BCUT2D eigenvalue weighted by molar-refractivity contribution is 7.13. The second-order valence-electron chi connectivity index (χ2n) is 5.62. The molecule has 0 saturated heterocycles. The van der Waals surface area contributed by atoms with Crippen molar-refractivity contribution in [1.29, 1.82) is 0 Å². The lowest BCUT2D eigenvalue weighted by molar-refractivity contribution is -0.144. The third-order valence-electron chi connectivity index (χ3n) is 3.06. The van der Waals surface area contributed by atoms with E-state index in [-0.39, 0.29) is 24.8 Å². The van der Waals surface area contributed by atoms with E-state index >= 15 is 0 Å². The molecule has 0 bridgehead atoms. The van der Waals surface area contributed by atoms with E-state index in [1.165, 1.54) is 16.2 Å². The maximum atomic E-state index is 12.3. The molecule has 0 aliphatic rings. The molecule has 6 nitrogen and oxygen atoms in total. The van der Waals surface area contributed by atoms with E-state index in [0.29, 0.717) is 12.2 Å². The number of carboxylic acids is 1. The molecule has 0 spiro atoms. The number of rotatable bonds is 7. The summed E-state index contributed by atoms with van der Waals surface area (Å²) in [5, 5.41) is 11.6. The van der Waals surface area contributed by atoms with Crippen LogP contribution in [0.1, 0.15) is 19.5 Å². The number of aromatic nitrogens is 2. The van der Waals surface area contributed by atoms with Crippen molar-refractivity contribution in [3.63, 3.8) is 0 Å². The highest BCUT2D eigenvalue weighted by Gasteiger charge is 2.19. The maximum absolute atomic E-state index is 12.3. The monoisotopic (exact) mass is 333 g/mol. The fraction of sp³-hybridized carbons (Fsp3) is 0.375. The molecular formula is C16H19N3O3S. The third-order valence-corrected chi connectivity index (χ3v) is 4.00. The molecule has 1 amide bonds. The Balaban J connectivity index is 2.06. The van der Waals surface area contributed by atoms with Crippen LogP contribution in [0.4, 0.5) is 0 Å². The van der Waals surface area contributed by atoms with Gasteiger partial charge in [0.05, 0.1) is 12.1 Å². The Kier molecular flexibility index (Phi) is 5.81. The minimum Gasteiger partial charge on any atom is -0.480 e. The van der Waals surface area contributed by atoms with Crippen molar-refractivity contribution < 1.29 is 14.7 Å². The molecule has 2 rings (SSSR count). The van der Waals surface area contributed by atoms with Crippen LogP contribution in [0.2, 0.25) is 0 Å². The second kappa shape index (κ2) is 7.82. The molecule has 2 aromatic rings. The van der Waals surface area contributed by atoms with Crippen molar-refractivity contribution >= 4 is 23.2 Å². The molecule has 7 heteroatoms. The smallest absolute Gasteiger partial charge is 0.323 e. The van der Waals surface area contributed by atoms with Gasteiger partial charge in [-0.2, -0.15) is 0 Å². The minimum absolute atomic E-state index is 0.108. The number of amides is 1. The summed E-state index contributed by atoms with van der Waals surface area (Å²) >= 11 is 1.45. The predicted molar refractivity (Wildman–Crippen MR) is 88.1 cm³/mol. The fourth-order valence-electron chi connectivity index (χ4n) is 2.14. The van der Waals surface area contributed by atoms with Crippen LogP contribution in [-0.2, 0) is 16.0 Å². The van der Waals surface area contributed by atoms with Gasteiger partial charge in [-0.3, -0.25) is 14.6 Å². The van der Waals surface area contributed by atoms with Crippen molar-refractivity contribution in [2.45, 2.75) is 20.3 Å². The number of nitrogens with zero attached hydrogens (tertiary/aromatic N) is 3. The van der Waals surface area contributed by atoms with Crippen LogP contribution in [0.5, 0.6) is 0 Å². The summed E-state index contributed by atoms with van der Waals surface area (Å²) in [6, 6.07) is 3.74. The van der Waals surface area contributed by atoms with Gasteiger partial charge in [-0.25, -0.2) is 4.98 Å². The van der Waals surface area contributed by atoms with E-state index in [4.69, 9.17) is 5.11 Å². The number of aliphatic carboxylic acids is 1. The minimum atomic E-state index is -1.01. The summed E-state index contributed by atoms with van der Waals surface area (Å²) < 4.78 is 0. The molecule has 0 saturated carbocycles. The molecule has 0 aliphatic carbocycles. The predicted octanol–water partition coefficient (Wildman–Crippen LogP) is 2.32. The molecule has 2 aromatic heterocycles. The number of carbonyl (C=O) groups is 2. The Bertz CT molecular complexity index is 670. The quantitative estimate of drug-likeness (QED) is 0.840. The molecule has 2 heterocycles. The van der Waals surface area contributed by atoms with Gasteiger partial charge in [0.15, 0.2) is 0 Å². The Labute approximate surface area is 138 Å². The number of carbonyl (C=O) groups excluding carboxylic acids is 1. The first-order chi connectivity index (χ1) is 11.0. The van der Waals surface area contributed by atoms with Gasteiger partial charge in [0.1, 0.15) is 11.6 Å². The number of hydrogen-bond acceptors (Lipinski definition) is 5. The summed E-state index contributed by atoms with van der Waals surface area (Å²) in [6.07, 6.45) is 3.52. The fourth-order valence-corrected chi connectivity index (χ4v) is 2.95. The summed E-state index contributed by atoms with van der Waals surface area (Å²) in [5.74, 6) is -1.02. The van der Waals surface area contributed by atoms with Gasteiger partial charge >= 0.3 is 5.97 Å². The van der Waals surface area contributed by atoms with Crippen molar-refractivity contribution in [3.05, 3.63) is 35.6 Å². The first kappa shape index (κ1) is 17.1. The Morgan fingerprint density at radius 3 is 2.78 bits per heavy atom. The zero-order valence-corrected chi connectivity index (χ0v) is 13.9. The van der Waals surface area contributed by atoms with E-state index in [1.54, 1.807) is 12.4 Å². The first-order valence-electron chi connectivity index (χ1n) is 7.30. The second-order valence-corrected chi connectivity index (χ2v) is 6.48. The van der Waals surface area contributed by atoms with Crippen LogP contribution in [0.25, 0.3) is 10.6 Å². The molecular weight excluding hydrogens is 314 g/mol. The molecule has 0 radical (unpaired) electrons. The van der Waals surface area contributed by atoms with E-state index in [2.05, 4.69) is 9.97 Å². The lowest BCUT2D eigenvalue weighted by Gasteiger charge is -2.22. The number of thiazole rings is 1. The van der Waals surface area contributed by atoms with Crippen molar-refractivity contribution in [3.8, 4) is 10.6 Å². The number of carboxylic acid groups (broad SMARTS) is 1. The Morgan fingerprint density at radius 2 is 2.17 bits per heavy atom. The highest BCUT2D eigenvalue weighted by atomic mass is 32.1. The molecule has 0 fully saturated rings.